The van der Waals surface area contributed by atoms with Gasteiger partial charge in [-0.15, -0.1) is 0 Å². The van der Waals surface area contributed by atoms with Crippen LogP contribution in [0.25, 0.3) is 10.9 Å². The van der Waals surface area contributed by atoms with Gasteiger partial charge < -0.3 is 10.2 Å². The van der Waals surface area contributed by atoms with Crippen molar-refractivity contribution >= 4 is 32.8 Å². The number of rotatable bonds is 1. The molecule has 76 valence electrons. The Hall–Kier alpha value is -1.62. The largest absolute Gasteiger partial charge is 0.506 e. The number of benzene rings is 1. The zero-order valence-corrected chi connectivity index (χ0v) is 9.02. The standard InChI is InChI=1S/C10H6BrNO3/c11-5-3-7-6(10(14)15)1-2-12-9(7)8(13)4-5/h1-4,13H,(H,14,15). The number of nitrogens with zero attached hydrogens (tertiary/aromatic N) is 1. The zero-order valence-electron chi connectivity index (χ0n) is 7.44. The number of aromatic carboxylic acids is 1. The van der Waals surface area contributed by atoms with E-state index >= 15 is 0 Å². The van der Waals surface area contributed by atoms with E-state index in [1.807, 2.05) is 0 Å². The number of phenolic OH excluding ortho intramolecular Hbond substituents is 1. The van der Waals surface area contributed by atoms with E-state index in [1.54, 1.807) is 6.07 Å². The highest BCUT2D eigenvalue weighted by Crippen LogP contribution is 2.29. The normalized spacial score (nSPS) is 10.5. The lowest BCUT2D eigenvalue weighted by molar-refractivity contribution is 0.0699. The zero-order chi connectivity index (χ0) is 11.0. The predicted molar refractivity (Wildman–Crippen MR) is 58.1 cm³/mol. The molecule has 0 bridgehead atoms. The van der Waals surface area contributed by atoms with Gasteiger partial charge in [0, 0.05) is 16.1 Å². The molecule has 2 rings (SSSR count). The van der Waals surface area contributed by atoms with Crippen LogP contribution in [-0.2, 0) is 0 Å². The van der Waals surface area contributed by atoms with Crippen molar-refractivity contribution in [1.82, 2.24) is 4.98 Å². The average Bonchev–Trinajstić information content (AvgIpc) is 2.16. The Morgan fingerprint density at radius 2 is 2.13 bits per heavy atom. The second-order valence-electron chi connectivity index (χ2n) is 2.98. The highest BCUT2D eigenvalue weighted by Gasteiger charge is 2.11. The topological polar surface area (TPSA) is 70.4 Å². The molecule has 0 radical (unpaired) electrons. The lowest BCUT2D eigenvalue weighted by Gasteiger charge is -2.04. The number of phenols is 1. The number of fused-ring (bicyclic) bond motifs is 1. The van der Waals surface area contributed by atoms with Gasteiger partial charge in [-0.3, -0.25) is 4.98 Å². The fraction of sp³-hybridized carbons (Fsp3) is 0. The Balaban J connectivity index is 2.91. The molecule has 0 amide bonds. The molecule has 2 N–H and O–H groups in total. The predicted octanol–water partition coefficient (Wildman–Crippen LogP) is 2.40. The number of carboxylic acids is 1. The van der Waals surface area contributed by atoms with E-state index < -0.39 is 5.97 Å². The Bertz CT molecular complexity index is 554. The third kappa shape index (κ3) is 1.66. The van der Waals surface area contributed by atoms with Gasteiger partial charge in [-0.05, 0) is 18.2 Å². The summed E-state index contributed by atoms with van der Waals surface area (Å²) >= 11 is 3.19. The molecular weight excluding hydrogens is 262 g/mol. The smallest absolute Gasteiger partial charge is 0.336 e. The van der Waals surface area contributed by atoms with Gasteiger partial charge in [0.25, 0.3) is 0 Å². The Morgan fingerprint density at radius 3 is 2.80 bits per heavy atom. The molecule has 0 fully saturated rings. The van der Waals surface area contributed by atoms with E-state index in [9.17, 15) is 9.90 Å². The summed E-state index contributed by atoms with van der Waals surface area (Å²) in [6.07, 6.45) is 1.36. The lowest BCUT2D eigenvalue weighted by atomic mass is 10.1. The molecule has 2 aromatic rings. The molecule has 4 nitrogen and oxygen atoms in total. The number of carbonyl (C=O) groups is 1. The van der Waals surface area contributed by atoms with Crippen molar-refractivity contribution in [2.24, 2.45) is 0 Å². The van der Waals surface area contributed by atoms with Gasteiger partial charge in [0.2, 0.25) is 0 Å². The van der Waals surface area contributed by atoms with Crippen LogP contribution in [0.15, 0.2) is 28.9 Å². The van der Waals surface area contributed by atoms with Crippen LogP contribution in [0.4, 0.5) is 0 Å². The van der Waals surface area contributed by atoms with E-state index in [4.69, 9.17) is 5.11 Å². The van der Waals surface area contributed by atoms with E-state index in [0.717, 1.165) is 0 Å². The molecule has 0 aliphatic rings. The quantitative estimate of drug-likeness (QED) is 0.833. The molecule has 0 unspecified atom stereocenters. The van der Waals surface area contributed by atoms with E-state index in [1.165, 1.54) is 18.3 Å². The van der Waals surface area contributed by atoms with Crippen LogP contribution in [0.2, 0.25) is 0 Å². The van der Waals surface area contributed by atoms with Gasteiger partial charge in [0.1, 0.15) is 11.3 Å². The SMILES string of the molecule is O=C(O)c1ccnc2c(O)cc(Br)cc12. The van der Waals surface area contributed by atoms with Gasteiger partial charge in [-0.1, -0.05) is 15.9 Å². The highest BCUT2D eigenvalue weighted by atomic mass is 79.9. The maximum Gasteiger partial charge on any atom is 0.336 e. The van der Waals surface area contributed by atoms with Gasteiger partial charge in [0.15, 0.2) is 0 Å². The third-order valence-electron chi connectivity index (χ3n) is 2.02. The van der Waals surface area contributed by atoms with Crippen molar-refractivity contribution in [2.45, 2.75) is 0 Å². The summed E-state index contributed by atoms with van der Waals surface area (Å²) in [6, 6.07) is 4.49. The number of hydrogen-bond acceptors (Lipinski definition) is 3. The average molecular weight is 268 g/mol. The first-order valence-corrected chi connectivity index (χ1v) is 4.89. The molecule has 1 heterocycles. The van der Waals surface area contributed by atoms with E-state index in [2.05, 4.69) is 20.9 Å². The molecule has 0 saturated heterocycles. The van der Waals surface area contributed by atoms with Gasteiger partial charge in [0.05, 0.1) is 5.56 Å². The second-order valence-corrected chi connectivity index (χ2v) is 3.90. The van der Waals surface area contributed by atoms with Crippen LogP contribution in [0.3, 0.4) is 0 Å². The summed E-state index contributed by atoms with van der Waals surface area (Å²) < 4.78 is 0.614. The Kier molecular flexibility index (Phi) is 2.32. The van der Waals surface area contributed by atoms with Crippen LogP contribution in [0, 0.1) is 0 Å². The molecule has 1 aromatic carbocycles. The summed E-state index contributed by atoms with van der Waals surface area (Å²) in [6.45, 7) is 0. The van der Waals surface area contributed by atoms with Crippen LogP contribution >= 0.6 is 15.9 Å². The number of aromatic hydroxyl groups is 1. The van der Waals surface area contributed by atoms with Gasteiger partial charge >= 0.3 is 5.97 Å². The maximum absolute atomic E-state index is 10.9. The van der Waals surface area contributed by atoms with Crippen molar-refractivity contribution in [2.75, 3.05) is 0 Å². The summed E-state index contributed by atoms with van der Waals surface area (Å²) in [5, 5.41) is 18.9. The minimum atomic E-state index is -1.04. The molecule has 0 spiro atoms. The summed E-state index contributed by atoms with van der Waals surface area (Å²) in [7, 11) is 0. The maximum atomic E-state index is 10.9. The molecule has 0 saturated carbocycles. The van der Waals surface area contributed by atoms with Crippen LogP contribution in [-0.4, -0.2) is 21.2 Å². The van der Waals surface area contributed by atoms with Gasteiger partial charge in [-0.2, -0.15) is 0 Å². The molecular formula is C10H6BrNO3. The molecule has 15 heavy (non-hydrogen) atoms. The van der Waals surface area contributed by atoms with E-state index in [-0.39, 0.29) is 16.8 Å². The van der Waals surface area contributed by atoms with Gasteiger partial charge in [-0.25, -0.2) is 4.79 Å². The first-order valence-electron chi connectivity index (χ1n) is 4.10. The number of hydrogen-bond donors (Lipinski definition) is 2. The number of aromatic nitrogens is 1. The number of halogens is 1. The fourth-order valence-electron chi connectivity index (χ4n) is 1.39. The summed E-state index contributed by atoms with van der Waals surface area (Å²) in [4.78, 5) is 14.8. The van der Waals surface area contributed by atoms with Crippen LogP contribution in [0.1, 0.15) is 10.4 Å². The molecule has 0 aliphatic carbocycles. The first-order chi connectivity index (χ1) is 7.09. The molecule has 0 aliphatic heterocycles. The lowest BCUT2D eigenvalue weighted by Crippen LogP contribution is -1.98. The van der Waals surface area contributed by atoms with Crippen LogP contribution < -0.4 is 0 Å². The highest BCUT2D eigenvalue weighted by molar-refractivity contribution is 9.10. The van der Waals surface area contributed by atoms with Crippen molar-refractivity contribution in [1.29, 1.82) is 0 Å². The summed E-state index contributed by atoms with van der Waals surface area (Å²) in [5.74, 6) is -1.08. The minimum Gasteiger partial charge on any atom is -0.506 e. The van der Waals surface area contributed by atoms with Crippen molar-refractivity contribution in [3.05, 3.63) is 34.4 Å². The molecule has 0 atom stereocenters. The fourth-order valence-corrected chi connectivity index (χ4v) is 1.83. The minimum absolute atomic E-state index is 0.0394. The molecule has 5 heteroatoms. The summed E-state index contributed by atoms with van der Waals surface area (Å²) in [5.41, 5.74) is 0.412. The van der Waals surface area contributed by atoms with E-state index in [0.29, 0.717) is 9.86 Å². The first kappa shape index (κ1) is 9.92. The Morgan fingerprint density at radius 1 is 1.40 bits per heavy atom. The van der Waals surface area contributed by atoms with Crippen molar-refractivity contribution in [3.8, 4) is 5.75 Å². The third-order valence-corrected chi connectivity index (χ3v) is 2.48. The van der Waals surface area contributed by atoms with Crippen molar-refractivity contribution < 1.29 is 15.0 Å². The van der Waals surface area contributed by atoms with Crippen molar-refractivity contribution in [3.63, 3.8) is 0 Å². The number of carboxylic acid groups (broad SMARTS) is 1. The number of pyridine rings is 1. The molecule has 1 aromatic heterocycles. The van der Waals surface area contributed by atoms with Crippen LogP contribution in [0.5, 0.6) is 5.75 Å². The Labute approximate surface area is 93.3 Å². The second kappa shape index (κ2) is 3.51. The monoisotopic (exact) mass is 267 g/mol.